The minimum absolute atomic E-state index is 0.145. The van der Waals surface area contributed by atoms with Crippen molar-refractivity contribution in [1.82, 2.24) is 0 Å². The van der Waals surface area contributed by atoms with Gasteiger partial charge < -0.3 is 5.11 Å². The van der Waals surface area contributed by atoms with Crippen molar-refractivity contribution in [2.75, 3.05) is 0 Å². The number of hydrogen-bond acceptors (Lipinski definition) is 1. The van der Waals surface area contributed by atoms with Crippen molar-refractivity contribution in [1.29, 1.82) is 0 Å². The highest BCUT2D eigenvalue weighted by Crippen LogP contribution is 2.38. The van der Waals surface area contributed by atoms with E-state index in [2.05, 4.69) is 0 Å². The van der Waals surface area contributed by atoms with Gasteiger partial charge in [-0.25, -0.2) is 0 Å². The molecule has 0 aliphatic carbocycles. The molecule has 0 saturated carbocycles. The zero-order valence-corrected chi connectivity index (χ0v) is 10.3. The van der Waals surface area contributed by atoms with Crippen molar-refractivity contribution in [3.8, 4) is 16.9 Å². The summed E-state index contributed by atoms with van der Waals surface area (Å²) < 4.78 is 75.7. The first kappa shape index (κ1) is 15.2. The maximum absolute atomic E-state index is 12.6. The van der Waals surface area contributed by atoms with Crippen LogP contribution >= 0.6 is 0 Å². The monoisotopic (exact) mass is 306 g/mol. The minimum Gasteiger partial charge on any atom is -0.507 e. The number of rotatable bonds is 1. The van der Waals surface area contributed by atoms with Crippen LogP contribution < -0.4 is 0 Å². The Kier molecular flexibility index (Phi) is 3.61. The summed E-state index contributed by atoms with van der Waals surface area (Å²) in [5.41, 5.74) is -2.51. The summed E-state index contributed by atoms with van der Waals surface area (Å²) in [5, 5.41) is 9.60. The Morgan fingerprint density at radius 1 is 0.714 bits per heavy atom. The molecule has 0 aromatic heterocycles. The second kappa shape index (κ2) is 4.98. The molecule has 0 aliphatic heterocycles. The molecule has 21 heavy (non-hydrogen) atoms. The number of benzene rings is 2. The van der Waals surface area contributed by atoms with Crippen LogP contribution in [0.3, 0.4) is 0 Å². The number of phenolic OH excluding ortho intramolecular Hbond substituents is 1. The van der Waals surface area contributed by atoms with Crippen LogP contribution in [0.5, 0.6) is 5.75 Å². The number of alkyl halides is 6. The molecule has 2 aromatic carbocycles. The fraction of sp³-hybridized carbons (Fsp3) is 0.143. The summed E-state index contributed by atoms with van der Waals surface area (Å²) in [5.74, 6) is -0.526. The van der Waals surface area contributed by atoms with E-state index in [1.54, 1.807) is 0 Å². The summed E-state index contributed by atoms with van der Waals surface area (Å²) in [6.07, 6.45) is -9.27. The van der Waals surface area contributed by atoms with Gasteiger partial charge in [0.2, 0.25) is 0 Å². The molecule has 7 heteroatoms. The van der Waals surface area contributed by atoms with Gasteiger partial charge in [-0.2, -0.15) is 26.3 Å². The van der Waals surface area contributed by atoms with Gasteiger partial charge in [-0.15, -0.1) is 0 Å². The summed E-state index contributed by atoms with van der Waals surface area (Å²) in [4.78, 5) is 0. The van der Waals surface area contributed by atoms with Gasteiger partial charge in [-0.05, 0) is 35.9 Å². The van der Waals surface area contributed by atoms with Gasteiger partial charge in [-0.3, -0.25) is 0 Å². The largest absolute Gasteiger partial charge is 0.507 e. The Bertz CT molecular complexity index is 657. The number of aromatic hydroxyl groups is 1. The molecule has 0 fully saturated rings. The van der Waals surface area contributed by atoms with E-state index in [9.17, 15) is 31.4 Å². The van der Waals surface area contributed by atoms with Crippen LogP contribution in [0.4, 0.5) is 26.3 Å². The van der Waals surface area contributed by atoms with Crippen LogP contribution in [0.25, 0.3) is 11.1 Å². The maximum Gasteiger partial charge on any atom is 0.416 e. The van der Waals surface area contributed by atoms with E-state index < -0.39 is 29.2 Å². The van der Waals surface area contributed by atoms with Crippen molar-refractivity contribution >= 4 is 0 Å². The fourth-order valence-electron chi connectivity index (χ4n) is 1.81. The first-order valence-corrected chi connectivity index (χ1v) is 5.67. The van der Waals surface area contributed by atoms with Crippen LogP contribution in [0.1, 0.15) is 11.1 Å². The molecule has 112 valence electrons. The molecule has 0 saturated heterocycles. The first-order chi connectivity index (χ1) is 9.59. The first-order valence-electron chi connectivity index (χ1n) is 5.67. The minimum atomic E-state index is -4.65. The molecule has 2 rings (SSSR count). The average Bonchev–Trinajstić information content (AvgIpc) is 2.37. The van der Waals surface area contributed by atoms with E-state index in [-0.39, 0.29) is 11.1 Å². The number of phenols is 1. The van der Waals surface area contributed by atoms with E-state index in [0.29, 0.717) is 18.2 Å². The van der Waals surface area contributed by atoms with Gasteiger partial charge in [0, 0.05) is 5.56 Å². The highest BCUT2D eigenvalue weighted by molar-refractivity contribution is 5.71. The van der Waals surface area contributed by atoms with Gasteiger partial charge in [-0.1, -0.05) is 12.1 Å². The van der Waals surface area contributed by atoms with E-state index in [1.165, 1.54) is 6.07 Å². The highest BCUT2D eigenvalue weighted by Gasteiger charge is 2.32. The Labute approximate surface area is 115 Å². The molecule has 0 aliphatic rings. The smallest absolute Gasteiger partial charge is 0.416 e. The van der Waals surface area contributed by atoms with Crippen LogP contribution in [-0.2, 0) is 12.4 Å². The molecule has 1 nitrogen and oxygen atoms in total. The van der Waals surface area contributed by atoms with Crippen molar-refractivity contribution < 1.29 is 31.4 Å². The second-order valence-electron chi connectivity index (χ2n) is 4.31. The third-order valence-corrected chi connectivity index (χ3v) is 2.82. The predicted molar refractivity (Wildman–Crippen MR) is 63.5 cm³/mol. The highest BCUT2D eigenvalue weighted by atomic mass is 19.4. The zero-order chi connectivity index (χ0) is 15.8. The lowest BCUT2D eigenvalue weighted by molar-refractivity contribution is -0.138. The SMILES string of the molecule is Oc1ccc(C(F)(F)F)cc1-c1cccc(C(F)(F)F)c1. The van der Waals surface area contributed by atoms with Gasteiger partial charge in [0.1, 0.15) is 5.75 Å². The molecule has 0 heterocycles. The van der Waals surface area contributed by atoms with Gasteiger partial charge >= 0.3 is 12.4 Å². The lowest BCUT2D eigenvalue weighted by Crippen LogP contribution is -2.06. The van der Waals surface area contributed by atoms with Crippen LogP contribution in [0, 0.1) is 0 Å². The number of hydrogen-bond donors (Lipinski definition) is 1. The van der Waals surface area contributed by atoms with Crippen LogP contribution in [0.15, 0.2) is 42.5 Å². The fourth-order valence-corrected chi connectivity index (χ4v) is 1.81. The van der Waals surface area contributed by atoms with E-state index in [1.807, 2.05) is 0 Å². The predicted octanol–water partition coefficient (Wildman–Crippen LogP) is 5.10. The second-order valence-corrected chi connectivity index (χ2v) is 4.31. The Morgan fingerprint density at radius 2 is 1.29 bits per heavy atom. The van der Waals surface area contributed by atoms with Gasteiger partial charge in [0.15, 0.2) is 0 Å². The van der Waals surface area contributed by atoms with E-state index in [4.69, 9.17) is 0 Å². The van der Waals surface area contributed by atoms with Gasteiger partial charge in [0.25, 0.3) is 0 Å². The van der Waals surface area contributed by atoms with Crippen molar-refractivity contribution in [3.63, 3.8) is 0 Å². The summed E-state index contributed by atoms with van der Waals surface area (Å²) >= 11 is 0. The van der Waals surface area contributed by atoms with Crippen LogP contribution in [0.2, 0.25) is 0 Å². The molecular weight excluding hydrogens is 298 g/mol. The zero-order valence-electron chi connectivity index (χ0n) is 10.3. The molecule has 0 atom stereocenters. The van der Waals surface area contributed by atoms with E-state index in [0.717, 1.165) is 18.2 Å². The normalized spacial score (nSPS) is 12.5. The maximum atomic E-state index is 12.6. The summed E-state index contributed by atoms with van der Waals surface area (Å²) in [7, 11) is 0. The molecule has 0 radical (unpaired) electrons. The average molecular weight is 306 g/mol. The molecular formula is C14H8F6O. The van der Waals surface area contributed by atoms with Gasteiger partial charge in [0.05, 0.1) is 11.1 Å². The number of halogens is 6. The Hall–Kier alpha value is -2.18. The topological polar surface area (TPSA) is 20.2 Å². The molecule has 0 spiro atoms. The lowest BCUT2D eigenvalue weighted by atomic mass is 9.99. The quantitative estimate of drug-likeness (QED) is 0.727. The standard InChI is InChI=1S/C14H8F6O/c15-13(16,17)9-3-1-2-8(6-9)11-7-10(14(18,19)20)4-5-12(11)21/h1-7,21H. The molecule has 0 bridgehead atoms. The molecule has 0 amide bonds. The summed E-state index contributed by atoms with van der Waals surface area (Å²) in [6, 6.07) is 5.83. The van der Waals surface area contributed by atoms with Crippen molar-refractivity contribution in [2.45, 2.75) is 12.4 Å². The summed E-state index contributed by atoms with van der Waals surface area (Å²) in [6.45, 7) is 0. The van der Waals surface area contributed by atoms with E-state index >= 15 is 0 Å². The van der Waals surface area contributed by atoms with Crippen molar-refractivity contribution in [2.24, 2.45) is 0 Å². The molecule has 1 N–H and O–H groups in total. The lowest BCUT2D eigenvalue weighted by Gasteiger charge is -2.12. The molecule has 0 unspecified atom stereocenters. The molecule has 2 aromatic rings. The third kappa shape index (κ3) is 3.29. The Morgan fingerprint density at radius 3 is 1.86 bits per heavy atom. The third-order valence-electron chi connectivity index (χ3n) is 2.82. The Balaban J connectivity index is 2.57. The van der Waals surface area contributed by atoms with Crippen molar-refractivity contribution in [3.05, 3.63) is 53.6 Å². The van der Waals surface area contributed by atoms with Crippen LogP contribution in [-0.4, -0.2) is 5.11 Å².